The fraction of sp³-hybridized carbons (Fsp3) is 0.667. The normalized spacial score (nSPS) is 18.3. The van der Waals surface area contributed by atoms with Crippen molar-refractivity contribution < 1.29 is 22.7 Å². The molecule has 0 bridgehead atoms. The minimum Gasteiger partial charge on any atom is -0.466 e. The van der Waals surface area contributed by atoms with E-state index in [1.165, 1.54) is 0 Å². The van der Waals surface area contributed by atoms with Crippen LogP contribution in [-0.4, -0.2) is 36.6 Å². The quantitative estimate of drug-likeness (QED) is 0.643. The van der Waals surface area contributed by atoms with Crippen molar-refractivity contribution in [3.63, 3.8) is 0 Å². The molecule has 3 nitrogen and oxygen atoms in total. The number of benzene rings is 1. The van der Waals surface area contributed by atoms with Gasteiger partial charge in [0, 0.05) is 6.04 Å². The van der Waals surface area contributed by atoms with Crippen LogP contribution in [0.1, 0.15) is 58.1 Å². The summed E-state index contributed by atoms with van der Waals surface area (Å²) in [6.45, 7) is 10.2. The second kappa shape index (κ2) is 8.63. The summed E-state index contributed by atoms with van der Waals surface area (Å²) >= 11 is 0. The maximum atomic E-state index is 12.8. The van der Waals surface area contributed by atoms with Crippen LogP contribution in [0, 0.1) is 5.92 Å². The Morgan fingerprint density at radius 2 is 1.67 bits per heavy atom. The van der Waals surface area contributed by atoms with E-state index in [1.54, 1.807) is 12.1 Å². The predicted molar refractivity (Wildman–Crippen MR) is 99.5 cm³/mol. The van der Waals surface area contributed by atoms with Gasteiger partial charge in [0.1, 0.15) is 0 Å². The molecular formula is C21H30F3NO2. The van der Waals surface area contributed by atoms with E-state index >= 15 is 0 Å². The fourth-order valence-corrected chi connectivity index (χ4v) is 3.93. The Kier molecular flexibility index (Phi) is 6.95. The number of piperidine rings is 1. The molecule has 152 valence electrons. The number of alkyl halides is 3. The molecule has 0 radical (unpaired) electrons. The molecule has 0 amide bonds. The first-order valence-corrected chi connectivity index (χ1v) is 9.63. The summed E-state index contributed by atoms with van der Waals surface area (Å²) in [7, 11) is 0. The van der Waals surface area contributed by atoms with E-state index in [9.17, 15) is 18.0 Å². The third-order valence-corrected chi connectivity index (χ3v) is 5.57. The first kappa shape index (κ1) is 21.7. The number of ether oxygens (including phenoxy) is 1. The number of nitrogens with zero attached hydrogens (tertiary/aromatic N) is 1. The van der Waals surface area contributed by atoms with Crippen molar-refractivity contribution in [3.05, 3.63) is 35.4 Å². The van der Waals surface area contributed by atoms with Crippen molar-refractivity contribution in [3.8, 4) is 0 Å². The lowest BCUT2D eigenvalue weighted by Crippen LogP contribution is -2.44. The fourth-order valence-electron chi connectivity index (χ4n) is 3.93. The van der Waals surface area contributed by atoms with Crippen molar-refractivity contribution in [1.29, 1.82) is 0 Å². The third kappa shape index (κ3) is 5.71. The molecule has 27 heavy (non-hydrogen) atoms. The van der Waals surface area contributed by atoms with Gasteiger partial charge < -0.3 is 9.64 Å². The average molecular weight is 385 g/mol. The minimum absolute atomic E-state index is 0.0173. The van der Waals surface area contributed by atoms with Gasteiger partial charge >= 0.3 is 12.1 Å². The van der Waals surface area contributed by atoms with Gasteiger partial charge in [-0.3, -0.25) is 4.79 Å². The molecule has 0 saturated carbocycles. The molecule has 6 heteroatoms. The van der Waals surface area contributed by atoms with Crippen LogP contribution in [0.4, 0.5) is 13.2 Å². The van der Waals surface area contributed by atoms with Crippen LogP contribution >= 0.6 is 0 Å². The second-order valence-electron chi connectivity index (χ2n) is 8.07. The molecule has 1 atom stereocenters. The van der Waals surface area contributed by atoms with Crippen LogP contribution < -0.4 is 0 Å². The van der Waals surface area contributed by atoms with Crippen molar-refractivity contribution in [2.45, 2.75) is 64.6 Å². The number of carbonyl (C=O) groups is 1. The van der Waals surface area contributed by atoms with Gasteiger partial charge in [0.25, 0.3) is 0 Å². The van der Waals surface area contributed by atoms with Crippen LogP contribution in [0.3, 0.4) is 0 Å². The molecule has 1 aromatic carbocycles. The van der Waals surface area contributed by atoms with Crippen LogP contribution in [0.25, 0.3) is 0 Å². The second-order valence-corrected chi connectivity index (χ2v) is 8.07. The topological polar surface area (TPSA) is 29.5 Å². The summed E-state index contributed by atoms with van der Waals surface area (Å²) < 4.78 is 43.4. The Balaban J connectivity index is 1.94. The number of hydrogen-bond donors (Lipinski definition) is 0. The van der Waals surface area contributed by atoms with Crippen LogP contribution in [-0.2, 0) is 21.1 Å². The molecule has 0 aliphatic carbocycles. The SMILES string of the molecule is CCOC(=O)C1CCN(C(C)CC(C)(C)c2ccc(C(F)(F)F)cc2)CC1. The monoisotopic (exact) mass is 385 g/mol. The Hall–Kier alpha value is -1.56. The molecule has 0 aromatic heterocycles. The smallest absolute Gasteiger partial charge is 0.416 e. The molecule has 1 heterocycles. The minimum atomic E-state index is -4.31. The Morgan fingerprint density at radius 1 is 1.15 bits per heavy atom. The summed E-state index contributed by atoms with van der Waals surface area (Å²) in [6.07, 6.45) is -1.88. The summed E-state index contributed by atoms with van der Waals surface area (Å²) in [5.74, 6) is -0.119. The largest absolute Gasteiger partial charge is 0.466 e. The number of likely N-dealkylation sites (tertiary alicyclic amines) is 1. The van der Waals surface area contributed by atoms with Gasteiger partial charge in [0.05, 0.1) is 18.1 Å². The lowest BCUT2D eigenvalue weighted by molar-refractivity contribution is -0.149. The third-order valence-electron chi connectivity index (χ3n) is 5.57. The van der Waals surface area contributed by atoms with Gasteiger partial charge in [-0.05, 0) is 69.3 Å². The highest BCUT2D eigenvalue weighted by molar-refractivity contribution is 5.72. The summed E-state index contributed by atoms with van der Waals surface area (Å²) in [5.41, 5.74) is 0.0570. The lowest BCUT2D eigenvalue weighted by Gasteiger charge is -2.39. The molecule has 1 saturated heterocycles. The first-order valence-electron chi connectivity index (χ1n) is 9.63. The molecule has 0 spiro atoms. The van der Waals surface area contributed by atoms with Gasteiger partial charge in [-0.2, -0.15) is 13.2 Å². The van der Waals surface area contributed by atoms with Gasteiger partial charge in [-0.25, -0.2) is 0 Å². The van der Waals surface area contributed by atoms with Crippen LogP contribution in [0.2, 0.25) is 0 Å². The van der Waals surface area contributed by atoms with E-state index in [0.717, 1.165) is 50.0 Å². The highest BCUT2D eigenvalue weighted by Crippen LogP contribution is 2.34. The summed E-state index contributed by atoms with van der Waals surface area (Å²) in [4.78, 5) is 14.2. The summed E-state index contributed by atoms with van der Waals surface area (Å²) in [6, 6.07) is 5.77. The van der Waals surface area contributed by atoms with E-state index in [2.05, 4.69) is 25.7 Å². The zero-order valence-electron chi connectivity index (χ0n) is 16.6. The van der Waals surface area contributed by atoms with E-state index in [0.29, 0.717) is 6.61 Å². The van der Waals surface area contributed by atoms with E-state index < -0.39 is 11.7 Å². The molecule has 1 aromatic rings. The molecule has 1 aliphatic heterocycles. The van der Waals surface area contributed by atoms with Gasteiger partial charge in [-0.15, -0.1) is 0 Å². The molecule has 1 aliphatic rings. The number of esters is 1. The Labute approximate surface area is 159 Å². The highest BCUT2D eigenvalue weighted by atomic mass is 19.4. The zero-order chi connectivity index (χ0) is 20.2. The van der Waals surface area contributed by atoms with Crippen molar-refractivity contribution >= 4 is 5.97 Å². The molecule has 2 rings (SSSR count). The van der Waals surface area contributed by atoms with Gasteiger partial charge in [0.2, 0.25) is 0 Å². The van der Waals surface area contributed by atoms with Crippen LogP contribution in [0.5, 0.6) is 0 Å². The zero-order valence-corrected chi connectivity index (χ0v) is 16.6. The first-order chi connectivity index (χ1) is 12.5. The maximum Gasteiger partial charge on any atom is 0.416 e. The van der Waals surface area contributed by atoms with Gasteiger partial charge in [-0.1, -0.05) is 26.0 Å². The van der Waals surface area contributed by atoms with E-state index in [-0.39, 0.29) is 23.3 Å². The van der Waals surface area contributed by atoms with Gasteiger partial charge in [0.15, 0.2) is 0 Å². The maximum absolute atomic E-state index is 12.8. The van der Waals surface area contributed by atoms with E-state index in [1.807, 2.05) is 6.92 Å². The average Bonchev–Trinajstić information content (AvgIpc) is 2.61. The van der Waals surface area contributed by atoms with Crippen molar-refractivity contribution in [1.82, 2.24) is 4.90 Å². The molecular weight excluding hydrogens is 355 g/mol. The molecule has 1 unspecified atom stereocenters. The standard InChI is InChI=1S/C21H30F3NO2/c1-5-27-19(26)16-10-12-25(13-11-16)15(2)14-20(3,4)17-6-8-18(9-7-17)21(22,23)24/h6-9,15-16H,5,10-14H2,1-4H3. The van der Waals surface area contributed by atoms with E-state index in [4.69, 9.17) is 4.74 Å². The number of halogens is 3. The number of rotatable bonds is 6. The van der Waals surface area contributed by atoms with Crippen molar-refractivity contribution in [2.24, 2.45) is 5.92 Å². The lowest BCUT2D eigenvalue weighted by atomic mass is 9.78. The Morgan fingerprint density at radius 3 is 2.15 bits per heavy atom. The molecule has 1 fully saturated rings. The summed E-state index contributed by atoms with van der Waals surface area (Å²) in [5, 5.41) is 0. The molecule has 0 N–H and O–H groups in total. The van der Waals surface area contributed by atoms with Crippen molar-refractivity contribution in [2.75, 3.05) is 19.7 Å². The number of carbonyl (C=O) groups excluding carboxylic acids is 1. The Bertz CT molecular complexity index is 617. The number of hydrogen-bond acceptors (Lipinski definition) is 3. The predicted octanol–water partition coefficient (Wildman–Crippen LogP) is 5.04. The highest BCUT2D eigenvalue weighted by Gasteiger charge is 2.33. The van der Waals surface area contributed by atoms with Crippen LogP contribution in [0.15, 0.2) is 24.3 Å².